The number of nitrogens with one attached hydrogen (secondary N) is 1. The molecule has 1 saturated heterocycles. The normalized spacial score (nSPS) is 26.1. The van der Waals surface area contributed by atoms with Gasteiger partial charge in [-0.3, -0.25) is 4.79 Å². The minimum absolute atomic E-state index is 0.00578. The van der Waals surface area contributed by atoms with Crippen LogP contribution in [0.25, 0.3) is 0 Å². The van der Waals surface area contributed by atoms with Gasteiger partial charge in [0.25, 0.3) is 0 Å². The second kappa shape index (κ2) is 4.94. The molecule has 0 aliphatic carbocycles. The number of nitrogens with two attached hydrogens (primary N) is 1. The van der Waals surface area contributed by atoms with Gasteiger partial charge in [-0.25, -0.2) is 8.42 Å². The first-order chi connectivity index (χ1) is 6.94. The maximum absolute atomic E-state index is 11.6. The van der Waals surface area contributed by atoms with Gasteiger partial charge in [-0.15, -0.1) is 0 Å². The molecule has 0 saturated carbocycles. The van der Waals surface area contributed by atoms with Crippen molar-refractivity contribution in [2.45, 2.75) is 25.8 Å². The summed E-state index contributed by atoms with van der Waals surface area (Å²) in [5.74, 6) is -0.392. The molecule has 5 nitrogen and oxygen atoms in total. The van der Waals surface area contributed by atoms with Gasteiger partial charge in [0.05, 0.1) is 17.4 Å². The number of hydrogen-bond donors (Lipinski definition) is 2. The Hall–Kier alpha value is -0.620. The molecule has 0 spiro atoms. The van der Waals surface area contributed by atoms with Crippen molar-refractivity contribution in [3.05, 3.63) is 0 Å². The van der Waals surface area contributed by atoms with Crippen LogP contribution in [-0.2, 0) is 14.6 Å². The van der Waals surface area contributed by atoms with Gasteiger partial charge in [-0.05, 0) is 26.3 Å². The Balaban J connectivity index is 2.42. The van der Waals surface area contributed by atoms with E-state index in [2.05, 4.69) is 5.32 Å². The van der Waals surface area contributed by atoms with Gasteiger partial charge in [0.1, 0.15) is 0 Å². The molecule has 1 aliphatic heterocycles. The smallest absolute Gasteiger partial charge is 0.224 e. The first-order valence-electron chi connectivity index (χ1n) is 5.15. The summed E-state index contributed by atoms with van der Waals surface area (Å²) in [7, 11) is -2.97. The molecule has 6 heteroatoms. The van der Waals surface area contributed by atoms with Crippen molar-refractivity contribution < 1.29 is 13.2 Å². The maximum Gasteiger partial charge on any atom is 0.224 e. The van der Waals surface area contributed by atoms with Gasteiger partial charge in [0, 0.05) is 6.04 Å². The van der Waals surface area contributed by atoms with Crippen molar-refractivity contribution in [1.29, 1.82) is 0 Å². The average molecular weight is 234 g/mol. The van der Waals surface area contributed by atoms with Crippen LogP contribution >= 0.6 is 0 Å². The third-order valence-corrected chi connectivity index (χ3v) is 4.36. The molecule has 1 fully saturated rings. The van der Waals surface area contributed by atoms with Crippen LogP contribution in [-0.4, -0.2) is 38.4 Å². The topological polar surface area (TPSA) is 89.3 Å². The first-order valence-corrected chi connectivity index (χ1v) is 6.97. The molecular weight excluding hydrogens is 216 g/mol. The SMILES string of the molecule is CC(CCN)NC(=O)C1CCS(=O)(=O)C1. The summed E-state index contributed by atoms with van der Waals surface area (Å²) in [6.07, 6.45) is 1.16. The fourth-order valence-corrected chi connectivity index (χ4v) is 3.43. The molecule has 3 N–H and O–H groups in total. The lowest BCUT2D eigenvalue weighted by molar-refractivity contribution is -0.124. The van der Waals surface area contributed by atoms with Crippen molar-refractivity contribution in [3.63, 3.8) is 0 Å². The van der Waals surface area contributed by atoms with E-state index in [9.17, 15) is 13.2 Å². The van der Waals surface area contributed by atoms with Crippen LogP contribution in [0.1, 0.15) is 19.8 Å². The van der Waals surface area contributed by atoms with Gasteiger partial charge in [0.2, 0.25) is 5.91 Å². The highest BCUT2D eigenvalue weighted by molar-refractivity contribution is 7.91. The fraction of sp³-hybridized carbons (Fsp3) is 0.889. The van der Waals surface area contributed by atoms with Crippen molar-refractivity contribution >= 4 is 15.7 Å². The minimum atomic E-state index is -2.97. The lowest BCUT2D eigenvalue weighted by atomic mass is 10.1. The zero-order valence-electron chi connectivity index (χ0n) is 8.90. The van der Waals surface area contributed by atoms with E-state index >= 15 is 0 Å². The molecule has 2 unspecified atom stereocenters. The monoisotopic (exact) mass is 234 g/mol. The number of carbonyl (C=O) groups excluding carboxylic acids is 1. The zero-order chi connectivity index (χ0) is 11.5. The second-order valence-corrected chi connectivity index (χ2v) is 6.32. The zero-order valence-corrected chi connectivity index (χ0v) is 9.72. The molecule has 15 heavy (non-hydrogen) atoms. The van der Waals surface area contributed by atoms with E-state index in [0.717, 1.165) is 0 Å². The van der Waals surface area contributed by atoms with Crippen LogP contribution in [0.5, 0.6) is 0 Å². The van der Waals surface area contributed by atoms with Crippen LogP contribution in [0.2, 0.25) is 0 Å². The number of amides is 1. The van der Waals surface area contributed by atoms with Crippen LogP contribution in [0.15, 0.2) is 0 Å². The van der Waals surface area contributed by atoms with E-state index < -0.39 is 9.84 Å². The maximum atomic E-state index is 11.6. The summed E-state index contributed by atoms with van der Waals surface area (Å²) in [5, 5.41) is 2.78. The molecule has 1 aliphatic rings. The Labute approximate surface area is 90.3 Å². The molecular formula is C9H18N2O3S. The number of carbonyl (C=O) groups is 1. The number of rotatable bonds is 4. The van der Waals surface area contributed by atoms with E-state index in [-0.39, 0.29) is 29.4 Å². The van der Waals surface area contributed by atoms with Gasteiger partial charge < -0.3 is 11.1 Å². The first kappa shape index (κ1) is 12.4. The van der Waals surface area contributed by atoms with Crippen LogP contribution in [0.3, 0.4) is 0 Å². The quantitative estimate of drug-likeness (QED) is 0.671. The van der Waals surface area contributed by atoms with Crippen LogP contribution in [0.4, 0.5) is 0 Å². The summed E-state index contributed by atoms with van der Waals surface area (Å²) >= 11 is 0. The molecule has 0 radical (unpaired) electrons. The Morgan fingerprint density at radius 3 is 2.73 bits per heavy atom. The van der Waals surface area contributed by atoms with Crippen LogP contribution < -0.4 is 11.1 Å². The van der Waals surface area contributed by atoms with E-state index in [4.69, 9.17) is 5.73 Å². The summed E-state index contributed by atoms with van der Waals surface area (Å²) < 4.78 is 22.3. The average Bonchev–Trinajstić information content (AvgIpc) is 2.46. The van der Waals surface area contributed by atoms with E-state index in [1.54, 1.807) is 0 Å². The third-order valence-electron chi connectivity index (χ3n) is 2.59. The highest BCUT2D eigenvalue weighted by atomic mass is 32.2. The summed E-state index contributed by atoms with van der Waals surface area (Å²) in [6.45, 7) is 2.39. The summed E-state index contributed by atoms with van der Waals surface area (Å²) in [5.41, 5.74) is 5.35. The van der Waals surface area contributed by atoms with Gasteiger partial charge in [0.15, 0.2) is 9.84 Å². The molecule has 1 heterocycles. The van der Waals surface area contributed by atoms with Crippen molar-refractivity contribution in [1.82, 2.24) is 5.32 Å². The molecule has 0 aromatic heterocycles. The number of sulfone groups is 1. The summed E-state index contributed by atoms with van der Waals surface area (Å²) in [4.78, 5) is 11.6. The molecule has 88 valence electrons. The highest BCUT2D eigenvalue weighted by Crippen LogP contribution is 2.18. The molecule has 1 rings (SSSR count). The molecule has 1 amide bonds. The minimum Gasteiger partial charge on any atom is -0.353 e. The number of hydrogen-bond acceptors (Lipinski definition) is 4. The lowest BCUT2D eigenvalue weighted by Crippen LogP contribution is -2.38. The van der Waals surface area contributed by atoms with Crippen molar-refractivity contribution in [2.24, 2.45) is 11.7 Å². The lowest BCUT2D eigenvalue weighted by Gasteiger charge is -2.15. The van der Waals surface area contributed by atoms with Gasteiger partial charge in [-0.1, -0.05) is 0 Å². The van der Waals surface area contributed by atoms with Gasteiger partial charge in [-0.2, -0.15) is 0 Å². The predicted octanol–water partition coefficient (Wildman–Crippen LogP) is -0.725. The van der Waals surface area contributed by atoms with Gasteiger partial charge >= 0.3 is 0 Å². The van der Waals surface area contributed by atoms with E-state index in [1.807, 2.05) is 6.92 Å². The molecule has 2 atom stereocenters. The molecule has 0 aromatic carbocycles. The van der Waals surface area contributed by atoms with Crippen molar-refractivity contribution in [2.75, 3.05) is 18.1 Å². The second-order valence-electron chi connectivity index (χ2n) is 4.09. The Morgan fingerprint density at radius 2 is 2.27 bits per heavy atom. The Kier molecular flexibility index (Phi) is 4.10. The van der Waals surface area contributed by atoms with Crippen molar-refractivity contribution in [3.8, 4) is 0 Å². The summed E-state index contributed by atoms with van der Waals surface area (Å²) in [6, 6.07) is 0.0193. The molecule has 0 bridgehead atoms. The standard InChI is InChI=1S/C9H18N2O3S/c1-7(2-4-10)11-9(12)8-3-5-15(13,14)6-8/h7-8H,2-6,10H2,1H3,(H,11,12). The largest absolute Gasteiger partial charge is 0.353 e. The van der Waals surface area contributed by atoms with Crippen LogP contribution in [0, 0.1) is 5.92 Å². The Morgan fingerprint density at radius 1 is 1.60 bits per heavy atom. The third kappa shape index (κ3) is 3.79. The predicted molar refractivity (Wildman–Crippen MR) is 58.0 cm³/mol. The van der Waals surface area contributed by atoms with E-state index in [0.29, 0.717) is 19.4 Å². The Bertz CT molecular complexity index is 326. The molecule has 0 aromatic rings. The fourth-order valence-electron chi connectivity index (χ4n) is 1.68. The van der Waals surface area contributed by atoms with E-state index in [1.165, 1.54) is 0 Å². The highest BCUT2D eigenvalue weighted by Gasteiger charge is 2.33.